The van der Waals surface area contributed by atoms with E-state index in [2.05, 4.69) is 9.97 Å². The zero-order valence-corrected chi connectivity index (χ0v) is 15.6. The number of carbonyl (C=O) groups excluding carboxylic acids is 1. The van der Waals surface area contributed by atoms with Crippen molar-refractivity contribution in [1.29, 1.82) is 0 Å². The summed E-state index contributed by atoms with van der Waals surface area (Å²) < 4.78 is 5.44. The van der Waals surface area contributed by atoms with Gasteiger partial charge in [0.1, 0.15) is 17.6 Å². The first-order valence-corrected chi connectivity index (χ1v) is 8.69. The van der Waals surface area contributed by atoms with Crippen LogP contribution in [0.2, 0.25) is 5.28 Å². The van der Waals surface area contributed by atoms with Gasteiger partial charge in [-0.3, -0.25) is 0 Å². The second kappa shape index (κ2) is 6.46. The van der Waals surface area contributed by atoms with E-state index in [1.165, 1.54) is 0 Å². The number of carbonyl (C=O) groups is 1. The standard InChI is InChI=1S/C17H23ClN4O3/c1-10-7-13(23)22(14-12(10)8-19-15(18)20-14)11-5-6-21(9-11)16(24)25-17(2,3)4/h7-8,11,13,23H,5-6,9H2,1-4H3. The highest BCUT2D eigenvalue weighted by molar-refractivity contribution is 6.28. The van der Waals surface area contributed by atoms with Crippen LogP contribution in [0.15, 0.2) is 12.3 Å². The molecule has 0 radical (unpaired) electrons. The third kappa shape index (κ3) is 3.72. The van der Waals surface area contributed by atoms with Crippen molar-refractivity contribution in [2.45, 2.75) is 52.0 Å². The highest BCUT2D eigenvalue weighted by Crippen LogP contribution is 2.35. The average molecular weight is 367 g/mol. The molecule has 8 heteroatoms. The Morgan fingerprint density at radius 2 is 2.16 bits per heavy atom. The number of hydrogen-bond acceptors (Lipinski definition) is 6. The minimum atomic E-state index is -0.818. The maximum Gasteiger partial charge on any atom is 0.410 e. The molecule has 1 aromatic rings. The van der Waals surface area contributed by atoms with E-state index in [9.17, 15) is 9.90 Å². The van der Waals surface area contributed by atoms with Crippen molar-refractivity contribution in [1.82, 2.24) is 14.9 Å². The molecule has 25 heavy (non-hydrogen) atoms. The van der Waals surface area contributed by atoms with E-state index in [-0.39, 0.29) is 17.4 Å². The van der Waals surface area contributed by atoms with E-state index in [4.69, 9.17) is 16.3 Å². The summed E-state index contributed by atoms with van der Waals surface area (Å²) in [4.78, 5) is 24.1. The van der Waals surface area contributed by atoms with Crippen LogP contribution in [0, 0.1) is 0 Å². The van der Waals surface area contributed by atoms with Crippen molar-refractivity contribution in [3.8, 4) is 0 Å². The van der Waals surface area contributed by atoms with E-state index in [0.717, 1.165) is 11.1 Å². The van der Waals surface area contributed by atoms with Gasteiger partial charge in [0.25, 0.3) is 0 Å². The number of nitrogens with zero attached hydrogens (tertiary/aromatic N) is 4. The Labute approximate surface area is 152 Å². The molecular formula is C17H23ClN4O3. The number of halogens is 1. The van der Waals surface area contributed by atoms with Gasteiger partial charge in [-0.1, -0.05) is 0 Å². The second-order valence-corrected chi connectivity index (χ2v) is 7.75. The number of amides is 1. The predicted molar refractivity (Wildman–Crippen MR) is 95.4 cm³/mol. The number of aliphatic hydroxyl groups excluding tert-OH is 1. The van der Waals surface area contributed by atoms with Crippen LogP contribution in [-0.2, 0) is 4.74 Å². The van der Waals surface area contributed by atoms with Crippen LogP contribution < -0.4 is 4.90 Å². The van der Waals surface area contributed by atoms with Gasteiger partial charge in [0.2, 0.25) is 5.28 Å². The highest BCUT2D eigenvalue weighted by atomic mass is 35.5. The molecule has 0 spiro atoms. The SMILES string of the molecule is CC1=CC(O)N(C2CCN(C(=O)OC(C)(C)C)C2)c2nc(Cl)ncc21. The fraction of sp³-hybridized carbons (Fsp3) is 0.588. The van der Waals surface area contributed by atoms with Gasteiger partial charge in [-0.15, -0.1) is 0 Å². The number of rotatable bonds is 1. The molecule has 2 aliphatic heterocycles. The minimum absolute atomic E-state index is 0.0726. The smallest absolute Gasteiger partial charge is 0.410 e. The molecule has 7 nitrogen and oxygen atoms in total. The topological polar surface area (TPSA) is 78.8 Å². The zero-order valence-electron chi connectivity index (χ0n) is 14.9. The molecule has 1 saturated heterocycles. The Hall–Kier alpha value is -1.86. The summed E-state index contributed by atoms with van der Waals surface area (Å²) in [5.74, 6) is 0.600. The number of ether oxygens (including phenoxy) is 1. The van der Waals surface area contributed by atoms with Gasteiger partial charge in [-0.25, -0.2) is 9.78 Å². The van der Waals surface area contributed by atoms with Gasteiger partial charge in [-0.2, -0.15) is 4.98 Å². The van der Waals surface area contributed by atoms with E-state index in [1.807, 2.05) is 27.7 Å². The van der Waals surface area contributed by atoms with E-state index < -0.39 is 11.8 Å². The molecule has 2 atom stereocenters. The van der Waals surface area contributed by atoms with Gasteiger partial charge in [0, 0.05) is 24.8 Å². The van der Waals surface area contributed by atoms with Crippen molar-refractivity contribution >= 4 is 29.1 Å². The summed E-state index contributed by atoms with van der Waals surface area (Å²) in [6.07, 6.45) is 2.98. The van der Waals surface area contributed by atoms with Gasteiger partial charge >= 0.3 is 6.09 Å². The van der Waals surface area contributed by atoms with E-state index in [1.54, 1.807) is 22.1 Å². The molecule has 0 aromatic carbocycles. The van der Waals surface area contributed by atoms with Crippen LogP contribution in [0.25, 0.3) is 5.57 Å². The van der Waals surface area contributed by atoms with E-state index in [0.29, 0.717) is 25.3 Å². The molecule has 0 aliphatic carbocycles. The summed E-state index contributed by atoms with van der Waals surface area (Å²) in [6.45, 7) is 8.46. The number of anilines is 1. The van der Waals surface area contributed by atoms with Crippen molar-refractivity contribution < 1.29 is 14.6 Å². The lowest BCUT2D eigenvalue weighted by atomic mass is 10.0. The summed E-state index contributed by atoms with van der Waals surface area (Å²) in [5, 5.41) is 10.7. The number of allylic oxidation sites excluding steroid dienone is 1. The summed E-state index contributed by atoms with van der Waals surface area (Å²) >= 11 is 5.96. The Kier molecular flexibility index (Phi) is 4.64. The lowest BCUT2D eigenvalue weighted by Crippen LogP contribution is -2.47. The van der Waals surface area contributed by atoms with Crippen LogP contribution in [-0.4, -0.2) is 57.0 Å². The Morgan fingerprint density at radius 3 is 2.84 bits per heavy atom. The van der Waals surface area contributed by atoms with Crippen molar-refractivity contribution in [2.75, 3.05) is 18.0 Å². The van der Waals surface area contributed by atoms with Crippen LogP contribution in [0.3, 0.4) is 0 Å². The van der Waals surface area contributed by atoms with Crippen LogP contribution in [0.4, 0.5) is 10.6 Å². The van der Waals surface area contributed by atoms with Crippen molar-refractivity contribution in [3.05, 3.63) is 23.1 Å². The third-order valence-corrected chi connectivity index (χ3v) is 4.48. The van der Waals surface area contributed by atoms with Crippen LogP contribution in [0.5, 0.6) is 0 Å². The molecule has 0 saturated carbocycles. The summed E-state index contributed by atoms with van der Waals surface area (Å²) in [6, 6.07) is -0.0726. The third-order valence-electron chi connectivity index (χ3n) is 4.30. The molecule has 1 aromatic heterocycles. The first kappa shape index (κ1) is 17.9. The largest absolute Gasteiger partial charge is 0.444 e. The fourth-order valence-corrected chi connectivity index (χ4v) is 3.32. The van der Waals surface area contributed by atoms with Gasteiger partial charge in [-0.05, 0) is 57.4 Å². The Balaban J connectivity index is 1.81. The monoisotopic (exact) mass is 366 g/mol. The van der Waals surface area contributed by atoms with Crippen LogP contribution >= 0.6 is 11.6 Å². The molecule has 2 unspecified atom stereocenters. The van der Waals surface area contributed by atoms with Crippen molar-refractivity contribution in [2.24, 2.45) is 0 Å². The first-order valence-electron chi connectivity index (χ1n) is 8.31. The van der Waals surface area contributed by atoms with E-state index >= 15 is 0 Å². The number of aliphatic hydroxyl groups is 1. The van der Waals surface area contributed by atoms with Gasteiger partial charge in [0.15, 0.2) is 0 Å². The molecule has 1 fully saturated rings. The molecule has 1 amide bonds. The summed E-state index contributed by atoms with van der Waals surface area (Å²) in [7, 11) is 0. The Bertz CT molecular complexity index is 716. The van der Waals surface area contributed by atoms with Crippen LogP contribution in [0.1, 0.15) is 39.7 Å². The molecule has 2 aliphatic rings. The number of fused-ring (bicyclic) bond motifs is 1. The normalized spacial score (nSPS) is 23.4. The second-order valence-electron chi connectivity index (χ2n) is 7.42. The minimum Gasteiger partial charge on any atom is -0.444 e. The number of aromatic nitrogens is 2. The lowest BCUT2D eigenvalue weighted by molar-refractivity contribution is 0.0290. The highest BCUT2D eigenvalue weighted by Gasteiger charge is 2.38. The maximum atomic E-state index is 12.3. The molecule has 1 N–H and O–H groups in total. The molecule has 0 bridgehead atoms. The number of likely N-dealkylation sites (tertiary alicyclic amines) is 1. The Morgan fingerprint density at radius 1 is 1.44 bits per heavy atom. The fourth-order valence-electron chi connectivity index (χ4n) is 3.20. The quantitative estimate of drug-likeness (QED) is 0.770. The lowest BCUT2D eigenvalue weighted by Gasteiger charge is -2.37. The first-order chi connectivity index (χ1) is 11.7. The number of hydrogen-bond donors (Lipinski definition) is 1. The molecule has 136 valence electrons. The predicted octanol–water partition coefficient (Wildman–Crippen LogP) is 2.68. The average Bonchev–Trinajstić information content (AvgIpc) is 2.94. The molecule has 3 heterocycles. The van der Waals surface area contributed by atoms with Gasteiger partial charge in [0.05, 0.1) is 6.04 Å². The molecular weight excluding hydrogens is 344 g/mol. The maximum absolute atomic E-state index is 12.3. The van der Waals surface area contributed by atoms with Gasteiger partial charge < -0.3 is 19.6 Å². The summed E-state index contributed by atoms with van der Waals surface area (Å²) in [5.41, 5.74) is 1.20. The molecule has 3 rings (SSSR count). The zero-order chi connectivity index (χ0) is 18.4. The van der Waals surface area contributed by atoms with Crippen molar-refractivity contribution in [3.63, 3.8) is 0 Å².